The van der Waals surface area contributed by atoms with Crippen molar-refractivity contribution in [2.75, 3.05) is 0 Å². The highest BCUT2D eigenvalue weighted by Crippen LogP contribution is 2.28. The fourth-order valence-electron chi connectivity index (χ4n) is 0.729. The van der Waals surface area contributed by atoms with Gasteiger partial charge in [0.25, 0.3) is 0 Å². The topological polar surface area (TPSA) is 49.7 Å². The molecule has 0 fully saturated rings. The molecule has 1 aromatic rings. The van der Waals surface area contributed by atoms with Gasteiger partial charge in [-0.15, -0.1) is 4.91 Å². The van der Waals surface area contributed by atoms with E-state index in [-0.39, 0.29) is 11.3 Å². The number of benzene rings is 1. The van der Waals surface area contributed by atoms with E-state index >= 15 is 0 Å². The lowest BCUT2D eigenvalue weighted by Gasteiger charge is -1.98. The first-order chi connectivity index (χ1) is 5.15. The van der Waals surface area contributed by atoms with Gasteiger partial charge in [0.2, 0.25) is 0 Å². The van der Waals surface area contributed by atoms with Crippen molar-refractivity contribution in [1.82, 2.24) is 0 Å². The van der Waals surface area contributed by atoms with Crippen LogP contribution in [0.25, 0.3) is 0 Å². The molecule has 1 N–H and O–H groups in total. The average molecular weight is 155 g/mol. The number of aromatic hydroxyl groups is 1. The molecule has 0 heterocycles. The van der Waals surface area contributed by atoms with E-state index < -0.39 is 11.6 Å². The average Bonchev–Trinajstić information content (AvgIpc) is 1.97. The molecule has 0 saturated heterocycles. The monoisotopic (exact) mass is 155 g/mol. The van der Waals surface area contributed by atoms with E-state index in [1.54, 1.807) is 0 Å². The molecule has 0 unspecified atom stereocenters. The van der Waals surface area contributed by atoms with Crippen molar-refractivity contribution in [3.63, 3.8) is 0 Å². The van der Waals surface area contributed by atoms with Crippen LogP contribution in [-0.4, -0.2) is 5.11 Å². The van der Waals surface area contributed by atoms with Crippen molar-refractivity contribution in [2.45, 2.75) is 6.92 Å². The highest BCUT2D eigenvalue weighted by Gasteiger charge is 2.05. The van der Waals surface area contributed by atoms with Gasteiger partial charge in [-0.05, 0) is 23.7 Å². The number of hydrogen-bond donors (Lipinski definition) is 1. The largest absolute Gasteiger partial charge is 0.505 e. The first-order valence-corrected chi connectivity index (χ1v) is 2.97. The summed E-state index contributed by atoms with van der Waals surface area (Å²) in [5.74, 6) is -0.974. The summed E-state index contributed by atoms with van der Waals surface area (Å²) < 4.78 is 12.6. The van der Waals surface area contributed by atoms with Gasteiger partial charge < -0.3 is 5.11 Å². The second kappa shape index (κ2) is 2.65. The summed E-state index contributed by atoms with van der Waals surface area (Å²) >= 11 is 0. The Morgan fingerprint density at radius 2 is 2.18 bits per heavy atom. The molecular formula is C7H6FNO2. The highest BCUT2D eigenvalue weighted by atomic mass is 19.1. The van der Waals surface area contributed by atoms with Crippen molar-refractivity contribution in [3.8, 4) is 5.75 Å². The maximum Gasteiger partial charge on any atom is 0.150 e. The van der Waals surface area contributed by atoms with Gasteiger partial charge in [0.1, 0.15) is 17.3 Å². The number of phenols is 1. The maximum atomic E-state index is 12.6. The summed E-state index contributed by atoms with van der Waals surface area (Å²) in [5, 5.41) is 11.4. The number of halogens is 1. The number of nitrogens with zero attached hydrogens (tertiary/aromatic N) is 1. The maximum absolute atomic E-state index is 12.6. The molecule has 4 heteroatoms. The molecule has 0 atom stereocenters. The standard InChI is InChI=1S/C7H6FNO2/c1-4-2-6(9-11)7(10)3-5(4)8/h2-3,10H,1H3. The molecule has 58 valence electrons. The Bertz CT molecular complexity index is 299. The van der Waals surface area contributed by atoms with Crippen LogP contribution in [0.2, 0.25) is 0 Å². The first-order valence-electron chi connectivity index (χ1n) is 2.97. The van der Waals surface area contributed by atoms with Crippen molar-refractivity contribution in [2.24, 2.45) is 5.18 Å². The summed E-state index contributed by atoms with van der Waals surface area (Å²) in [6.45, 7) is 1.49. The van der Waals surface area contributed by atoms with Crippen molar-refractivity contribution < 1.29 is 9.50 Å². The van der Waals surface area contributed by atoms with Gasteiger partial charge in [0, 0.05) is 6.07 Å². The molecule has 0 bridgehead atoms. The fraction of sp³-hybridized carbons (Fsp3) is 0.143. The minimum Gasteiger partial charge on any atom is -0.505 e. The third-order valence-corrected chi connectivity index (χ3v) is 1.35. The number of nitroso groups, excluding NO2 is 1. The minimum atomic E-state index is -0.546. The molecule has 0 saturated carbocycles. The molecule has 0 aliphatic carbocycles. The Morgan fingerprint density at radius 1 is 1.55 bits per heavy atom. The summed E-state index contributed by atoms with van der Waals surface area (Å²) in [6.07, 6.45) is 0. The number of hydrogen-bond acceptors (Lipinski definition) is 3. The summed E-state index contributed by atoms with van der Waals surface area (Å²) in [5.41, 5.74) is 0.154. The van der Waals surface area contributed by atoms with Gasteiger partial charge in [0.15, 0.2) is 0 Å². The van der Waals surface area contributed by atoms with E-state index in [9.17, 15) is 9.30 Å². The highest BCUT2D eigenvalue weighted by molar-refractivity contribution is 5.52. The predicted octanol–water partition coefficient (Wildman–Crippen LogP) is 2.24. The van der Waals surface area contributed by atoms with E-state index in [1.807, 2.05) is 0 Å². The summed E-state index contributed by atoms with van der Waals surface area (Å²) in [4.78, 5) is 9.96. The predicted molar refractivity (Wildman–Crippen MR) is 38.3 cm³/mol. The zero-order valence-electron chi connectivity index (χ0n) is 5.84. The second-order valence-corrected chi connectivity index (χ2v) is 2.18. The van der Waals surface area contributed by atoms with Crippen LogP contribution in [0.5, 0.6) is 5.75 Å². The van der Waals surface area contributed by atoms with Gasteiger partial charge in [-0.1, -0.05) is 0 Å². The molecule has 1 aromatic carbocycles. The Hall–Kier alpha value is -1.45. The van der Waals surface area contributed by atoms with Crippen LogP contribution in [-0.2, 0) is 0 Å². The lowest BCUT2D eigenvalue weighted by molar-refractivity contribution is 0.470. The molecule has 0 aromatic heterocycles. The molecule has 1 rings (SSSR count). The smallest absolute Gasteiger partial charge is 0.150 e. The summed E-state index contributed by atoms with van der Waals surface area (Å²) in [6, 6.07) is 2.06. The van der Waals surface area contributed by atoms with Crippen LogP contribution >= 0.6 is 0 Å². The van der Waals surface area contributed by atoms with Crippen LogP contribution in [0.4, 0.5) is 10.1 Å². The van der Waals surface area contributed by atoms with E-state index in [0.29, 0.717) is 0 Å². The third-order valence-electron chi connectivity index (χ3n) is 1.35. The second-order valence-electron chi connectivity index (χ2n) is 2.18. The lowest BCUT2D eigenvalue weighted by atomic mass is 10.2. The molecular weight excluding hydrogens is 149 g/mol. The Kier molecular flexibility index (Phi) is 1.85. The minimum absolute atomic E-state index is 0.135. The normalized spacial score (nSPS) is 9.64. The van der Waals surface area contributed by atoms with E-state index in [2.05, 4.69) is 5.18 Å². The summed E-state index contributed by atoms with van der Waals surface area (Å²) in [7, 11) is 0. The Labute approximate surface area is 62.5 Å². The molecule has 3 nitrogen and oxygen atoms in total. The van der Waals surface area contributed by atoms with Gasteiger partial charge >= 0.3 is 0 Å². The van der Waals surface area contributed by atoms with Gasteiger partial charge in [0.05, 0.1) is 0 Å². The molecule has 0 aliphatic heterocycles. The molecule has 0 radical (unpaired) electrons. The van der Waals surface area contributed by atoms with Gasteiger partial charge in [-0.2, -0.15) is 0 Å². The van der Waals surface area contributed by atoms with Crippen LogP contribution in [0.3, 0.4) is 0 Å². The number of aryl methyl sites for hydroxylation is 1. The molecule has 0 spiro atoms. The molecule has 11 heavy (non-hydrogen) atoms. The van der Waals surface area contributed by atoms with E-state index in [0.717, 1.165) is 6.07 Å². The van der Waals surface area contributed by atoms with Gasteiger partial charge in [-0.25, -0.2) is 4.39 Å². The SMILES string of the molecule is Cc1cc(N=O)c(O)cc1F. The van der Waals surface area contributed by atoms with Crippen LogP contribution < -0.4 is 0 Å². The lowest BCUT2D eigenvalue weighted by Crippen LogP contribution is -1.80. The zero-order chi connectivity index (χ0) is 8.43. The Balaban J connectivity index is 3.31. The number of rotatable bonds is 1. The van der Waals surface area contributed by atoms with Crippen molar-refractivity contribution in [1.29, 1.82) is 0 Å². The number of phenolic OH excluding ortho intramolecular Hbond substituents is 1. The van der Waals surface area contributed by atoms with Crippen LogP contribution in [0, 0.1) is 17.6 Å². The van der Waals surface area contributed by atoms with Gasteiger partial charge in [-0.3, -0.25) is 0 Å². The fourth-order valence-corrected chi connectivity index (χ4v) is 0.729. The zero-order valence-corrected chi connectivity index (χ0v) is 5.84. The van der Waals surface area contributed by atoms with Crippen LogP contribution in [0.15, 0.2) is 17.3 Å². The van der Waals surface area contributed by atoms with Crippen LogP contribution in [0.1, 0.15) is 5.56 Å². The molecule has 0 aliphatic rings. The third kappa shape index (κ3) is 1.34. The quantitative estimate of drug-likeness (QED) is 0.632. The van der Waals surface area contributed by atoms with Crippen molar-refractivity contribution >= 4 is 5.69 Å². The first kappa shape index (κ1) is 7.65. The molecule has 0 amide bonds. The van der Waals surface area contributed by atoms with E-state index in [1.165, 1.54) is 13.0 Å². The van der Waals surface area contributed by atoms with E-state index in [4.69, 9.17) is 5.11 Å². The van der Waals surface area contributed by atoms with Crippen molar-refractivity contribution in [3.05, 3.63) is 28.4 Å². The Morgan fingerprint density at radius 3 is 2.73 bits per heavy atom.